The Hall–Kier alpha value is -1.25. The Morgan fingerprint density at radius 1 is 1.70 bits per heavy atom. The maximum Gasteiger partial charge on any atom is 0.220 e. The molecule has 1 N–H and O–H groups in total. The fourth-order valence-corrected chi connectivity index (χ4v) is 0.374. The fraction of sp³-hybridized carbons (Fsp3) is 0.286. The van der Waals surface area contributed by atoms with Gasteiger partial charge in [0.15, 0.2) is 0 Å². The number of methoxy groups -OCH3 is 1. The van der Waals surface area contributed by atoms with E-state index in [1.165, 1.54) is 26.3 Å². The predicted molar refractivity (Wildman–Crippen MR) is 39.1 cm³/mol. The first kappa shape index (κ1) is 8.75. The van der Waals surface area contributed by atoms with Gasteiger partial charge in [0.25, 0.3) is 0 Å². The molecule has 0 aromatic heterocycles. The van der Waals surface area contributed by atoms with Crippen molar-refractivity contribution in [3.05, 3.63) is 24.6 Å². The number of carbonyl (C=O) groups excluding carboxylic acids is 1. The van der Waals surface area contributed by atoms with Crippen LogP contribution in [0.3, 0.4) is 0 Å². The summed E-state index contributed by atoms with van der Waals surface area (Å²) in [5, 5.41) is 2.45. The lowest BCUT2D eigenvalue weighted by molar-refractivity contribution is -0.118. The number of allylic oxidation sites excluding steroid dienone is 1. The van der Waals surface area contributed by atoms with Gasteiger partial charge in [-0.2, -0.15) is 0 Å². The van der Waals surface area contributed by atoms with Crippen LogP contribution in [0.25, 0.3) is 0 Å². The van der Waals surface area contributed by atoms with Gasteiger partial charge in [-0.15, -0.1) is 0 Å². The van der Waals surface area contributed by atoms with Crippen molar-refractivity contribution in [2.75, 3.05) is 7.11 Å². The van der Waals surface area contributed by atoms with E-state index in [0.29, 0.717) is 5.76 Å². The monoisotopic (exact) mass is 141 g/mol. The van der Waals surface area contributed by atoms with E-state index in [9.17, 15) is 4.79 Å². The lowest BCUT2D eigenvalue weighted by Crippen LogP contribution is -2.12. The van der Waals surface area contributed by atoms with Crippen molar-refractivity contribution < 1.29 is 9.53 Å². The molecule has 0 bridgehead atoms. The van der Waals surface area contributed by atoms with Crippen LogP contribution in [0.4, 0.5) is 0 Å². The first-order valence-corrected chi connectivity index (χ1v) is 2.84. The molecule has 0 aliphatic rings. The third kappa shape index (κ3) is 3.72. The minimum Gasteiger partial charge on any atom is -0.495 e. The minimum atomic E-state index is -0.128. The molecule has 0 aliphatic carbocycles. The maximum atomic E-state index is 10.3. The summed E-state index contributed by atoms with van der Waals surface area (Å²) in [6.07, 6.45) is 2.96. The third-order valence-corrected chi connectivity index (χ3v) is 0.855. The van der Waals surface area contributed by atoms with E-state index in [2.05, 4.69) is 11.9 Å². The van der Waals surface area contributed by atoms with Crippen molar-refractivity contribution in [2.45, 2.75) is 6.92 Å². The lowest BCUT2D eigenvalue weighted by Gasteiger charge is -1.98. The Morgan fingerprint density at radius 2 is 2.30 bits per heavy atom. The number of rotatable bonds is 3. The van der Waals surface area contributed by atoms with E-state index in [-0.39, 0.29) is 5.91 Å². The van der Waals surface area contributed by atoms with Crippen molar-refractivity contribution in [3.63, 3.8) is 0 Å². The lowest BCUT2D eigenvalue weighted by atomic mass is 10.5. The first-order chi connectivity index (χ1) is 4.70. The van der Waals surface area contributed by atoms with Gasteiger partial charge < -0.3 is 10.1 Å². The smallest absolute Gasteiger partial charge is 0.220 e. The molecular weight excluding hydrogens is 130 g/mol. The van der Waals surface area contributed by atoms with Crippen LogP contribution in [-0.4, -0.2) is 13.0 Å². The van der Waals surface area contributed by atoms with Crippen molar-refractivity contribution in [3.8, 4) is 0 Å². The molecule has 0 spiro atoms. The topological polar surface area (TPSA) is 38.3 Å². The normalized spacial score (nSPS) is 10.4. The third-order valence-electron chi connectivity index (χ3n) is 0.855. The molecular formula is C7H11NO2. The fourth-order valence-electron chi connectivity index (χ4n) is 0.374. The van der Waals surface area contributed by atoms with Crippen LogP contribution in [0.2, 0.25) is 0 Å². The summed E-state index contributed by atoms with van der Waals surface area (Å²) in [4.78, 5) is 10.3. The summed E-state index contributed by atoms with van der Waals surface area (Å²) in [5.74, 6) is 0.409. The molecule has 0 atom stereocenters. The van der Waals surface area contributed by atoms with Gasteiger partial charge in [-0.05, 0) is 6.08 Å². The van der Waals surface area contributed by atoms with Gasteiger partial charge in [0.1, 0.15) is 5.76 Å². The highest BCUT2D eigenvalue weighted by molar-refractivity contribution is 5.73. The molecule has 0 rings (SSSR count). The van der Waals surface area contributed by atoms with Crippen molar-refractivity contribution in [2.24, 2.45) is 0 Å². The second kappa shape index (κ2) is 4.61. The van der Waals surface area contributed by atoms with Crippen LogP contribution < -0.4 is 5.32 Å². The Morgan fingerprint density at radius 3 is 2.60 bits per heavy atom. The van der Waals surface area contributed by atoms with Gasteiger partial charge in [-0.3, -0.25) is 4.79 Å². The highest BCUT2D eigenvalue weighted by Gasteiger charge is 1.87. The van der Waals surface area contributed by atoms with Crippen molar-refractivity contribution in [1.82, 2.24) is 5.32 Å². The summed E-state index contributed by atoms with van der Waals surface area (Å²) < 4.78 is 4.78. The van der Waals surface area contributed by atoms with Gasteiger partial charge in [0.2, 0.25) is 5.91 Å². The zero-order chi connectivity index (χ0) is 7.98. The molecule has 0 radical (unpaired) electrons. The quantitative estimate of drug-likeness (QED) is 0.466. The average Bonchev–Trinajstić information content (AvgIpc) is 1.90. The molecule has 0 aliphatic heterocycles. The second-order valence-electron chi connectivity index (χ2n) is 1.66. The Kier molecular flexibility index (Phi) is 4.04. The Balaban J connectivity index is 3.86. The first-order valence-electron chi connectivity index (χ1n) is 2.84. The zero-order valence-corrected chi connectivity index (χ0v) is 6.18. The second-order valence-corrected chi connectivity index (χ2v) is 1.66. The van der Waals surface area contributed by atoms with Crippen molar-refractivity contribution >= 4 is 5.91 Å². The van der Waals surface area contributed by atoms with E-state index in [1.54, 1.807) is 0 Å². The number of hydrogen-bond donors (Lipinski definition) is 1. The van der Waals surface area contributed by atoms with E-state index in [0.717, 1.165) is 0 Å². The molecule has 0 aromatic carbocycles. The Bertz CT molecular complexity index is 161. The van der Waals surface area contributed by atoms with Gasteiger partial charge >= 0.3 is 0 Å². The Labute approximate surface area is 60.4 Å². The molecule has 0 fully saturated rings. The number of hydrogen-bond acceptors (Lipinski definition) is 2. The van der Waals surface area contributed by atoms with E-state index in [4.69, 9.17) is 4.74 Å². The molecule has 0 aromatic rings. The average molecular weight is 141 g/mol. The predicted octanol–water partition coefficient (Wildman–Crippen LogP) is 0.796. The van der Waals surface area contributed by atoms with E-state index in [1.807, 2.05) is 0 Å². The zero-order valence-electron chi connectivity index (χ0n) is 6.18. The molecule has 0 heterocycles. The molecule has 3 heteroatoms. The van der Waals surface area contributed by atoms with Gasteiger partial charge in [-0.1, -0.05) is 6.58 Å². The minimum absolute atomic E-state index is 0.128. The molecule has 0 saturated heterocycles. The van der Waals surface area contributed by atoms with Gasteiger partial charge in [0.05, 0.1) is 7.11 Å². The number of carbonyl (C=O) groups is 1. The maximum absolute atomic E-state index is 10.3. The van der Waals surface area contributed by atoms with E-state index < -0.39 is 0 Å². The van der Waals surface area contributed by atoms with Crippen LogP contribution >= 0.6 is 0 Å². The summed E-state index contributed by atoms with van der Waals surface area (Å²) >= 11 is 0. The molecule has 10 heavy (non-hydrogen) atoms. The standard InChI is InChI=1S/C7H11NO2/c1-4-7(10-3)5-8-6(2)9/h4-5H,1H2,2-3H3,(H,8,9)/b7-5-. The number of amides is 1. The van der Waals surface area contributed by atoms with Crippen LogP contribution in [0.5, 0.6) is 0 Å². The SMILES string of the molecule is C=C/C(=C/NC(C)=O)OC. The highest BCUT2D eigenvalue weighted by atomic mass is 16.5. The summed E-state index contributed by atoms with van der Waals surface area (Å²) in [5.41, 5.74) is 0. The van der Waals surface area contributed by atoms with E-state index >= 15 is 0 Å². The molecule has 0 unspecified atom stereocenters. The number of ether oxygens (including phenoxy) is 1. The summed E-state index contributed by atoms with van der Waals surface area (Å²) in [7, 11) is 1.51. The summed E-state index contributed by atoms with van der Waals surface area (Å²) in [6, 6.07) is 0. The largest absolute Gasteiger partial charge is 0.495 e. The number of nitrogens with one attached hydrogen (secondary N) is 1. The molecule has 3 nitrogen and oxygen atoms in total. The summed E-state index contributed by atoms with van der Waals surface area (Å²) in [6.45, 7) is 4.89. The van der Waals surface area contributed by atoms with Crippen LogP contribution in [0.15, 0.2) is 24.6 Å². The molecule has 1 amide bonds. The van der Waals surface area contributed by atoms with Gasteiger partial charge in [0, 0.05) is 13.1 Å². The van der Waals surface area contributed by atoms with Crippen LogP contribution in [0, 0.1) is 0 Å². The van der Waals surface area contributed by atoms with Gasteiger partial charge in [-0.25, -0.2) is 0 Å². The highest BCUT2D eigenvalue weighted by Crippen LogP contribution is 1.91. The molecule has 0 saturated carbocycles. The van der Waals surface area contributed by atoms with Crippen LogP contribution in [-0.2, 0) is 9.53 Å². The van der Waals surface area contributed by atoms with Crippen molar-refractivity contribution in [1.29, 1.82) is 0 Å². The molecule has 56 valence electrons. The van der Waals surface area contributed by atoms with Crippen LogP contribution in [0.1, 0.15) is 6.92 Å².